The van der Waals surface area contributed by atoms with Crippen molar-refractivity contribution in [2.75, 3.05) is 6.54 Å². The molecule has 0 amide bonds. The summed E-state index contributed by atoms with van der Waals surface area (Å²) in [5.74, 6) is 3.62. The fourth-order valence-electron chi connectivity index (χ4n) is 4.74. The average Bonchev–Trinajstić information content (AvgIpc) is 2.25. The van der Waals surface area contributed by atoms with E-state index >= 15 is 0 Å². The third-order valence-corrected chi connectivity index (χ3v) is 5.67. The second-order valence-electron chi connectivity index (χ2n) is 6.50. The average molecular weight is 273 g/mol. The van der Waals surface area contributed by atoms with E-state index < -0.39 is 11.0 Å². The Bertz CT molecular complexity index is 346. The third-order valence-electron chi connectivity index (χ3n) is 5.13. The molecular weight excluding hydrogens is 250 g/mol. The first-order valence-electron chi connectivity index (χ1n) is 7.16. The van der Waals surface area contributed by atoms with Crippen LogP contribution in [0.15, 0.2) is 0 Å². The van der Waals surface area contributed by atoms with Gasteiger partial charge in [0.2, 0.25) is 0 Å². The van der Waals surface area contributed by atoms with Crippen LogP contribution in [0.3, 0.4) is 0 Å². The van der Waals surface area contributed by atoms with Crippen LogP contribution in [0.4, 0.5) is 0 Å². The number of rotatable bonds is 5. The molecule has 1 N–H and O–H groups in total. The smallest absolute Gasteiger partial charge is 0.257 e. The maximum Gasteiger partial charge on any atom is 0.257 e. The molecule has 0 aromatic carbocycles. The molecule has 18 heavy (non-hydrogen) atoms. The van der Waals surface area contributed by atoms with Gasteiger partial charge >= 0.3 is 0 Å². The Morgan fingerprint density at radius 2 is 1.67 bits per heavy atom. The predicted octanol–water partition coefficient (Wildman–Crippen LogP) is 1.33. The summed E-state index contributed by atoms with van der Waals surface area (Å²) < 4.78 is 25.8. The zero-order valence-electron chi connectivity index (χ0n) is 10.9. The fourth-order valence-corrected chi connectivity index (χ4v) is 5.11. The summed E-state index contributed by atoms with van der Waals surface area (Å²) in [6.45, 7) is 2.46. The monoisotopic (exact) mass is 273 g/mol. The van der Waals surface area contributed by atoms with Gasteiger partial charge in [-0.15, -0.1) is 0 Å². The Labute approximate surface area is 111 Å². The molecule has 4 rings (SSSR count). The molecule has 4 nitrogen and oxygen atoms in total. The second-order valence-corrected chi connectivity index (χ2v) is 7.16. The van der Waals surface area contributed by atoms with Crippen molar-refractivity contribution in [3.05, 3.63) is 0 Å². The minimum Gasteiger partial charge on any atom is -0.311 e. The molecule has 0 saturated heterocycles. The van der Waals surface area contributed by atoms with Crippen molar-refractivity contribution in [2.24, 2.45) is 23.7 Å². The van der Waals surface area contributed by atoms with Crippen molar-refractivity contribution in [3.63, 3.8) is 0 Å². The lowest BCUT2D eigenvalue weighted by Gasteiger charge is -2.54. The van der Waals surface area contributed by atoms with Crippen LogP contribution < -0.4 is 5.32 Å². The molecule has 4 aliphatic carbocycles. The van der Waals surface area contributed by atoms with Gasteiger partial charge in [-0.2, -0.15) is 0 Å². The molecule has 104 valence electrons. The van der Waals surface area contributed by atoms with Gasteiger partial charge in [0.1, 0.15) is 0 Å². The van der Waals surface area contributed by atoms with E-state index in [2.05, 4.69) is 5.32 Å². The quantitative estimate of drug-likeness (QED) is 0.742. The summed E-state index contributed by atoms with van der Waals surface area (Å²) >= 11 is 0. The maximum atomic E-state index is 10.5. The molecular formula is C13H23NO3S. The molecule has 0 aliphatic heterocycles. The predicted molar refractivity (Wildman–Crippen MR) is 69.7 cm³/mol. The summed E-state index contributed by atoms with van der Waals surface area (Å²) in [5, 5.41) is 3.58. The summed E-state index contributed by atoms with van der Waals surface area (Å²) in [7, 11) is -2.72. The zero-order chi connectivity index (χ0) is 12.7. The van der Waals surface area contributed by atoms with E-state index in [1.54, 1.807) is 0 Å². The van der Waals surface area contributed by atoms with Crippen LogP contribution >= 0.6 is 0 Å². The number of hydrogen-bond acceptors (Lipinski definition) is 4. The number of thiol groups is 1. The highest BCUT2D eigenvalue weighted by Crippen LogP contribution is 2.53. The summed E-state index contributed by atoms with van der Waals surface area (Å²) in [5.41, 5.74) is 0. The third kappa shape index (κ3) is 2.58. The lowest BCUT2D eigenvalue weighted by molar-refractivity contribution is -0.0158. The molecule has 4 aliphatic rings. The minimum absolute atomic E-state index is 0.247. The summed E-state index contributed by atoms with van der Waals surface area (Å²) in [6.07, 6.45) is 6.76. The Hall–Kier alpha value is -0.130. The first-order chi connectivity index (χ1) is 8.61. The SMILES string of the molecule is CC(CNC1C2CC3CC(C2)CC1C3)O[SH](=O)=O. The molecule has 0 aromatic rings. The highest BCUT2D eigenvalue weighted by Gasteiger charge is 2.47. The van der Waals surface area contributed by atoms with Crippen LogP contribution in [0.1, 0.15) is 39.0 Å². The van der Waals surface area contributed by atoms with E-state index in [1.165, 1.54) is 32.1 Å². The molecule has 4 saturated carbocycles. The van der Waals surface area contributed by atoms with E-state index in [9.17, 15) is 8.42 Å². The van der Waals surface area contributed by atoms with E-state index in [0.29, 0.717) is 12.6 Å². The molecule has 4 fully saturated rings. The first kappa shape index (κ1) is 12.9. The van der Waals surface area contributed by atoms with Gasteiger partial charge in [0, 0.05) is 12.6 Å². The summed E-state index contributed by atoms with van der Waals surface area (Å²) in [6, 6.07) is 0.605. The van der Waals surface area contributed by atoms with Crippen molar-refractivity contribution in [1.29, 1.82) is 0 Å². The van der Waals surface area contributed by atoms with Crippen molar-refractivity contribution in [3.8, 4) is 0 Å². The molecule has 5 heteroatoms. The Morgan fingerprint density at radius 3 is 2.17 bits per heavy atom. The normalized spacial score (nSPS) is 43.6. The van der Waals surface area contributed by atoms with E-state index in [-0.39, 0.29) is 6.10 Å². The van der Waals surface area contributed by atoms with Gasteiger partial charge in [-0.25, -0.2) is 8.42 Å². The Balaban J connectivity index is 1.54. The van der Waals surface area contributed by atoms with Gasteiger partial charge in [0.15, 0.2) is 0 Å². The van der Waals surface area contributed by atoms with Crippen LogP contribution in [0.25, 0.3) is 0 Å². The van der Waals surface area contributed by atoms with Crippen molar-refractivity contribution < 1.29 is 12.6 Å². The van der Waals surface area contributed by atoms with Crippen LogP contribution in [0.2, 0.25) is 0 Å². The highest BCUT2D eigenvalue weighted by molar-refractivity contribution is 7.67. The standard InChI is InChI=1S/C13H23NO3S/c1-8(17-18(15)16)7-14-13-11-3-9-2-10(5-11)6-12(13)4-9/h8-14,18H,2-7H2,1H3. The Morgan fingerprint density at radius 1 is 1.11 bits per heavy atom. The van der Waals surface area contributed by atoms with Gasteiger partial charge in [0.05, 0.1) is 6.10 Å². The molecule has 0 radical (unpaired) electrons. The van der Waals surface area contributed by atoms with Gasteiger partial charge in [0.25, 0.3) is 11.0 Å². The van der Waals surface area contributed by atoms with Crippen LogP contribution in [0, 0.1) is 23.7 Å². The van der Waals surface area contributed by atoms with Gasteiger partial charge in [-0.3, -0.25) is 4.18 Å². The highest BCUT2D eigenvalue weighted by atomic mass is 32.2. The maximum absolute atomic E-state index is 10.5. The van der Waals surface area contributed by atoms with Crippen LogP contribution in [-0.4, -0.2) is 27.1 Å². The molecule has 0 aromatic heterocycles. The van der Waals surface area contributed by atoms with Crippen molar-refractivity contribution in [2.45, 2.75) is 51.2 Å². The lowest BCUT2D eigenvalue weighted by Crippen LogP contribution is -2.55. The Kier molecular flexibility index (Phi) is 3.65. The zero-order valence-corrected chi connectivity index (χ0v) is 11.8. The van der Waals surface area contributed by atoms with Gasteiger partial charge < -0.3 is 5.32 Å². The van der Waals surface area contributed by atoms with E-state index in [0.717, 1.165) is 23.7 Å². The van der Waals surface area contributed by atoms with Crippen LogP contribution in [0.5, 0.6) is 0 Å². The van der Waals surface area contributed by atoms with Gasteiger partial charge in [-0.1, -0.05) is 0 Å². The van der Waals surface area contributed by atoms with Gasteiger partial charge in [-0.05, 0) is 62.7 Å². The topological polar surface area (TPSA) is 55.4 Å². The lowest BCUT2D eigenvalue weighted by atomic mass is 9.54. The van der Waals surface area contributed by atoms with Crippen LogP contribution in [-0.2, 0) is 15.2 Å². The number of nitrogens with one attached hydrogen (secondary N) is 1. The fraction of sp³-hybridized carbons (Fsp3) is 1.00. The number of hydrogen-bond donors (Lipinski definition) is 2. The van der Waals surface area contributed by atoms with Crippen molar-refractivity contribution in [1.82, 2.24) is 5.32 Å². The minimum atomic E-state index is -2.72. The first-order valence-corrected chi connectivity index (χ1v) is 8.26. The molecule has 4 bridgehead atoms. The molecule has 1 unspecified atom stereocenters. The summed E-state index contributed by atoms with van der Waals surface area (Å²) in [4.78, 5) is 0. The second kappa shape index (κ2) is 5.10. The van der Waals surface area contributed by atoms with Crippen molar-refractivity contribution >= 4 is 11.0 Å². The van der Waals surface area contributed by atoms with E-state index in [4.69, 9.17) is 4.18 Å². The van der Waals surface area contributed by atoms with E-state index in [1.807, 2.05) is 6.92 Å². The molecule has 1 atom stereocenters. The molecule has 0 spiro atoms. The largest absolute Gasteiger partial charge is 0.311 e. The molecule has 0 heterocycles.